The van der Waals surface area contributed by atoms with Crippen molar-refractivity contribution in [1.29, 1.82) is 0 Å². The number of aromatic nitrogens is 2. The third-order valence-electron chi connectivity index (χ3n) is 1.35. The molecule has 1 rings (SSSR count). The Balaban J connectivity index is 3.28. The van der Waals surface area contributed by atoms with Crippen molar-refractivity contribution < 1.29 is 4.11 Å². The van der Waals surface area contributed by atoms with Gasteiger partial charge in [-0.05, 0) is 13.8 Å². The van der Waals surface area contributed by atoms with Crippen molar-refractivity contribution in [1.82, 2.24) is 9.78 Å². The van der Waals surface area contributed by atoms with Gasteiger partial charge in [-0.15, -0.1) is 0 Å². The Labute approximate surface area is 58.7 Å². The predicted molar refractivity (Wildman–Crippen MR) is 37.1 cm³/mol. The highest BCUT2D eigenvalue weighted by atomic mass is 15.3. The largest absolute Gasteiger partial charge is 0.396 e. The summed E-state index contributed by atoms with van der Waals surface area (Å²) in [6.45, 7) is 1.10. The van der Waals surface area contributed by atoms with E-state index in [-0.39, 0.29) is 0 Å². The van der Waals surface area contributed by atoms with Gasteiger partial charge in [0.2, 0.25) is 0 Å². The first kappa shape index (κ1) is 3.25. The number of rotatable bonds is 0. The molecule has 0 aliphatic carbocycles. The molecule has 0 fully saturated rings. The van der Waals surface area contributed by atoms with Gasteiger partial charge in [0, 0.05) is 11.1 Å². The van der Waals surface area contributed by atoms with Gasteiger partial charge >= 0.3 is 0 Å². The van der Waals surface area contributed by atoms with Crippen LogP contribution in [0, 0.1) is 13.8 Å². The lowest BCUT2D eigenvalue weighted by Gasteiger charge is -1.90. The molecule has 2 N–H and O–H groups in total. The minimum atomic E-state index is -2.23. The van der Waals surface area contributed by atoms with Gasteiger partial charge < -0.3 is 5.73 Å². The van der Waals surface area contributed by atoms with Gasteiger partial charge in [-0.1, -0.05) is 0 Å². The molecule has 0 spiro atoms. The van der Waals surface area contributed by atoms with Gasteiger partial charge in [-0.2, -0.15) is 5.10 Å². The Morgan fingerprint density at radius 1 is 1.67 bits per heavy atom. The summed E-state index contributed by atoms with van der Waals surface area (Å²) in [7, 11) is 0. The van der Waals surface area contributed by atoms with Gasteiger partial charge in [-0.3, -0.25) is 4.68 Å². The van der Waals surface area contributed by atoms with Crippen molar-refractivity contribution in [2.45, 2.75) is 13.8 Å². The average Bonchev–Trinajstić information content (AvgIpc) is 2.15. The van der Waals surface area contributed by atoms with E-state index in [2.05, 4.69) is 5.10 Å². The summed E-state index contributed by atoms with van der Waals surface area (Å²) in [5.41, 5.74) is 7.07. The molecule has 3 nitrogen and oxygen atoms in total. The number of nitrogens with zero attached hydrogens (tertiary/aromatic N) is 2. The van der Waals surface area contributed by atoms with Crippen LogP contribution in [0.2, 0.25) is 0 Å². The first-order chi connectivity index (χ1) is 5.34. The molecule has 50 valence electrons. The predicted octanol–water partition coefficient (Wildman–Crippen LogP) is 0.619. The number of aryl methyl sites for hydroxylation is 2. The molecule has 0 saturated heterocycles. The van der Waals surface area contributed by atoms with Gasteiger partial charge in [0.25, 0.3) is 0 Å². The lowest BCUT2D eigenvalue weighted by molar-refractivity contribution is 0.731. The van der Waals surface area contributed by atoms with Gasteiger partial charge in [0.05, 0.1) is 17.1 Å². The summed E-state index contributed by atoms with van der Waals surface area (Å²) in [5.74, 6) is 0. The SMILES string of the molecule is [2H]C([2H])([2H])n1nc(C)c(N)c1C. The van der Waals surface area contributed by atoms with Crippen molar-refractivity contribution in [3.05, 3.63) is 11.4 Å². The van der Waals surface area contributed by atoms with Gasteiger partial charge in [0.1, 0.15) is 0 Å². The van der Waals surface area contributed by atoms with E-state index < -0.39 is 6.98 Å². The Hall–Kier alpha value is -0.990. The van der Waals surface area contributed by atoms with Crippen molar-refractivity contribution in [3.8, 4) is 0 Å². The van der Waals surface area contributed by atoms with E-state index in [1.165, 1.54) is 0 Å². The summed E-state index contributed by atoms with van der Waals surface area (Å²) in [6, 6.07) is 0. The molecule has 1 heterocycles. The van der Waals surface area contributed by atoms with E-state index in [1.54, 1.807) is 13.8 Å². The van der Waals surface area contributed by atoms with Crippen LogP contribution in [0.3, 0.4) is 0 Å². The highest BCUT2D eigenvalue weighted by Crippen LogP contribution is 2.12. The molecule has 0 bridgehead atoms. The molecule has 1 aromatic rings. The molecule has 0 amide bonds. The molecule has 0 aliphatic rings. The lowest BCUT2D eigenvalue weighted by Crippen LogP contribution is -1.93. The van der Waals surface area contributed by atoms with E-state index in [9.17, 15) is 0 Å². The van der Waals surface area contributed by atoms with E-state index in [4.69, 9.17) is 9.85 Å². The van der Waals surface area contributed by atoms with Crippen molar-refractivity contribution >= 4 is 5.69 Å². The number of hydrogen-bond acceptors (Lipinski definition) is 2. The van der Waals surface area contributed by atoms with Crippen molar-refractivity contribution in [3.63, 3.8) is 0 Å². The fourth-order valence-electron chi connectivity index (χ4n) is 0.655. The zero-order valence-corrected chi connectivity index (χ0v) is 5.47. The first-order valence-electron chi connectivity index (χ1n) is 4.16. The summed E-state index contributed by atoms with van der Waals surface area (Å²) in [5, 5.41) is 3.81. The van der Waals surface area contributed by atoms with Crippen LogP contribution in [0.5, 0.6) is 0 Å². The van der Waals surface area contributed by atoms with Crippen LogP contribution < -0.4 is 5.73 Å². The molecule has 1 aromatic heterocycles. The van der Waals surface area contributed by atoms with Crippen molar-refractivity contribution in [2.24, 2.45) is 6.98 Å². The number of anilines is 1. The molecule has 0 atom stereocenters. The van der Waals surface area contributed by atoms with Crippen LogP contribution >= 0.6 is 0 Å². The zero-order valence-electron chi connectivity index (χ0n) is 8.47. The van der Waals surface area contributed by atoms with Crippen LogP contribution in [0.25, 0.3) is 0 Å². The highest BCUT2D eigenvalue weighted by Gasteiger charge is 2.02. The quantitative estimate of drug-likeness (QED) is 0.556. The fraction of sp³-hybridized carbons (Fsp3) is 0.500. The van der Waals surface area contributed by atoms with Crippen LogP contribution in [0.4, 0.5) is 5.69 Å². The molecule has 3 heteroatoms. The number of nitrogens with two attached hydrogens (primary N) is 1. The average molecular weight is 128 g/mol. The van der Waals surface area contributed by atoms with Crippen LogP contribution in [-0.4, -0.2) is 9.78 Å². The Bertz CT molecular complexity index is 300. The Morgan fingerprint density at radius 3 is 2.56 bits per heavy atom. The van der Waals surface area contributed by atoms with Gasteiger partial charge in [-0.25, -0.2) is 0 Å². The molecule has 9 heavy (non-hydrogen) atoms. The Kier molecular flexibility index (Phi) is 0.633. The van der Waals surface area contributed by atoms with Crippen LogP contribution in [-0.2, 0) is 6.98 Å². The molecule has 0 aromatic carbocycles. The second kappa shape index (κ2) is 1.76. The maximum atomic E-state index is 7.10. The minimum Gasteiger partial charge on any atom is -0.396 e. The topological polar surface area (TPSA) is 43.8 Å². The number of nitrogen functional groups attached to an aromatic ring is 1. The normalized spacial score (nSPS) is 16.4. The van der Waals surface area contributed by atoms with E-state index >= 15 is 0 Å². The first-order valence-corrected chi connectivity index (χ1v) is 2.66. The fourth-order valence-corrected chi connectivity index (χ4v) is 0.655. The van der Waals surface area contributed by atoms with Gasteiger partial charge in [0.15, 0.2) is 0 Å². The molecule has 0 aliphatic heterocycles. The third-order valence-corrected chi connectivity index (χ3v) is 1.35. The van der Waals surface area contributed by atoms with Crippen molar-refractivity contribution in [2.75, 3.05) is 5.73 Å². The van der Waals surface area contributed by atoms with Crippen LogP contribution in [0.1, 0.15) is 15.5 Å². The van der Waals surface area contributed by atoms with Crippen LogP contribution in [0.15, 0.2) is 0 Å². The Morgan fingerprint density at radius 2 is 2.33 bits per heavy atom. The molecular weight excluding hydrogens is 114 g/mol. The summed E-state index contributed by atoms with van der Waals surface area (Å²) >= 11 is 0. The third kappa shape index (κ3) is 0.781. The number of hydrogen-bond donors (Lipinski definition) is 1. The lowest BCUT2D eigenvalue weighted by atomic mass is 10.3. The molecule has 0 saturated carbocycles. The molecular formula is C6H11N3. The minimum absolute atomic E-state index is 0.450. The summed E-state index contributed by atoms with van der Waals surface area (Å²) in [4.78, 5) is 0. The van der Waals surface area contributed by atoms with E-state index in [1.807, 2.05) is 0 Å². The monoisotopic (exact) mass is 128 g/mol. The van der Waals surface area contributed by atoms with E-state index in [0.29, 0.717) is 17.1 Å². The molecule has 0 unspecified atom stereocenters. The smallest absolute Gasteiger partial charge is 0.0825 e. The summed E-state index contributed by atoms with van der Waals surface area (Å²) < 4.78 is 22.3. The highest BCUT2D eigenvalue weighted by molar-refractivity contribution is 5.46. The maximum absolute atomic E-state index is 7.10. The molecule has 0 radical (unpaired) electrons. The maximum Gasteiger partial charge on any atom is 0.0825 e. The summed E-state index contributed by atoms with van der Waals surface area (Å²) in [6.07, 6.45) is 0. The standard InChI is InChI=1S/C6H11N3/c1-4-6(7)5(2)9(3)8-4/h7H2,1-3H3/i3D3. The zero-order chi connectivity index (χ0) is 9.52. The second-order valence-electron chi connectivity index (χ2n) is 2.00. The van der Waals surface area contributed by atoms with E-state index in [0.717, 1.165) is 4.68 Å². The second-order valence-corrected chi connectivity index (χ2v) is 2.00.